The first-order valence-electron chi connectivity index (χ1n) is 4.53. The topological polar surface area (TPSA) is 64.2 Å². The maximum atomic E-state index is 9.84. The Morgan fingerprint density at radius 1 is 1.43 bits per heavy atom. The molecule has 0 atom stereocenters. The third-order valence-electron chi connectivity index (χ3n) is 2.68. The first kappa shape index (κ1) is 9.04. The average molecular weight is 189 g/mol. The summed E-state index contributed by atoms with van der Waals surface area (Å²) in [4.78, 5) is 0. The van der Waals surface area contributed by atoms with Gasteiger partial charge in [-0.15, -0.1) is 0 Å². The van der Waals surface area contributed by atoms with Gasteiger partial charge in [-0.25, -0.2) is 0 Å². The lowest BCUT2D eigenvalue weighted by molar-refractivity contribution is 0.151. The molecule has 0 saturated heterocycles. The standard InChI is InChI=1S/C11H11NO2/c1-7-4-9(11(14)2-3-11)5-8(6-12)10(7)13/h4-5,13-14H,2-3H2,1H3. The molecular formula is C11H11NO2. The molecule has 1 aliphatic rings. The molecule has 1 aliphatic carbocycles. The molecule has 0 spiro atoms. The SMILES string of the molecule is Cc1cc(C2(O)CC2)cc(C#N)c1O. The molecule has 1 aromatic rings. The van der Waals surface area contributed by atoms with E-state index >= 15 is 0 Å². The lowest BCUT2D eigenvalue weighted by atomic mass is 10.0. The quantitative estimate of drug-likeness (QED) is 0.704. The van der Waals surface area contributed by atoms with Crippen LogP contribution < -0.4 is 0 Å². The molecule has 1 fully saturated rings. The van der Waals surface area contributed by atoms with E-state index in [1.807, 2.05) is 6.07 Å². The normalized spacial score (nSPS) is 17.5. The molecule has 1 aromatic carbocycles. The van der Waals surface area contributed by atoms with E-state index in [2.05, 4.69) is 0 Å². The number of aromatic hydroxyl groups is 1. The van der Waals surface area contributed by atoms with Gasteiger partial charge in [0.25, 0.3) is 0 Å². The second kappa shape index (κ2) is 2.73. The second-order valence-corrected chi connectivity index (χ2v) is 3.83. The van der Waals surface area contributed by atoms with Gasteiger partial charge >= 0.3 is 0 Å². The lowest BCUT2D eigenvalue weighted by Gasteiger charge is -2.10. The van der Waals surface area contributed by atoms with Gasteiger partial charge < -0.3 is 10.2 Å². The maximum absolute atomic E-state index is 9.84. The number of phenolic OH excluding ortho intramolecular Hbond substituents is 1. The van der Waals surface area contributed by atoms with E-state index in [1.165, 1.54) is 0 Å². The van der Waals surface area contributed by atoms with Gasteiger partial charge in [-0.3, -0.25) is 0 Å². The van der Waals surface area contributed by atoms with Crippen LogP contribution in [-0.2, 0) is 5.60 Å². The van der Waals surface area contributed by atoms with Crippen LogP contribution in [0.1, 0.15) is 29.5 Å². The molecule has 0 aliphatic heterocycles. The third kappa shape index (κ3) is 1.24. The highest BCUT2D eigenvalue weighted by atomic mass is 16.3. The highest BCUT2D eigenvalue weighted by Crippen LogP contribution is 2.46. The number of aliphatic hydroxyl groups is 1. The van der Waals surface area contributed by atoms with Crippen molar-refractivity contribution in [1.29, 1.82) is 5.26 Å². The number of benzene rings is 1. The van der Waals surface area contributed by atoms with Crippen molar-refractivity contribution < 1.29 is 10.2 Å². The summed E-state index contributed by atoms with van der Waals surface area (Å²) < 4.78 is 0. The van der Waals surface area contributed by atoms with Crippen LogP contribution in [0.4, 0.5) is 0 Å². The predicted molar refractivity (Wildman–Crippen MR) is 50.7 cm³/mol. The van der Waals surface area contributed by atoms with E-state index in [-0.39, 0.29) is 11.3 Å². The first-order valence-corrected chi connectivity index (χ1v) is 4.53. The van der Waals surface area contributed by atoms with Crippen LogP contribution >= 0.6 is 0 Å². The Hall–Kier alpha value is -1.53. The Labute approximate surface area is 82.2 Å². The first-order chi connectivity index (χ1) is 6.57. The van der Waals surface area contributed by atoms with E-state index in [4.69, 9.17) is 5.26 Å². The Kier molecular flexibility index (Phi) is 1.76. The van der Waals surface area contributed by atoms with Crippen LogP contribution in [-0.4, -0.2) is 10.2 Å². The van der Waals surface area contributed by atoms with E-state index < -0.39 is 5.60 Å². The molecule has 0 aromatic heterocycles. The van der Waals surface area contributed by atoms with Crippen LogP contribution in [0.2, 0.25) is 0 Å². The number of nitriles is 1. The fourth-order valence-corrected chi connectivity index (χ4v) is 1.54. The summed E-state index contributed by atoms with van der Waals surface area (Å²) in [5, 5.41) is 28.1. The summed E-state index contributed by atoms with van der Waals surface area (Å²) in [6.45, 7) is 1.73. The summed E-state index contributed by atoms with van der Waals surface area (Å²) in [5.41, 5.74) is 0.869. The Morgan fingerprint density at radius 2 is 2.07 bits per heavy atom. The minimum atomic E-state index is -0.746. The molecule has 1 saturated carbocycles. The van der Waals surface area contributed by atoms with Crippen LogP contribution in [0.25, 0.3) is 0 Å². The van der Waals surface area contributed by atoms with E-state index in [0.717, 1.165) is 18.4 Å². The van der Waals surface area contributed by atoms with Crippen LogP contribution in [0.15, 0.2) is 12.1 Å². The largest absolute Gasteiger partial charge is 0.506 e. The van der Waals surface area contributed by atoms with Gasteiger partial charge in [0, 0.05) is 0 Å². The zero-order chi connectivity index (χ0) is 10.3. The molecule has 2 N–H and O–H groups in total. The highest BCUT2D eigenvalue weighted by molar-refractivity contribution is 5.51. The molecular weight excluding hydrogens is 178 g/mol. The molecule has 2 rings (SSSR count). The van der Waals surface area contributed by atoms with Gasteiger partial charge in [0.2, 0.25) is 0 Å². The molecule has 0 amide bonds. The summed E-state index contributed by atoms with van der Waals surface area (Å²) in [6.07, 6.45) is 1.48. The predicted octanol–water partition coefficient (Wildman–Crippen LogP) is 1.55. The van der Waals surface area contributed by atoms with Crippen LogP contribution in [0.3, 0.4) is 0 Å². The number of phenols is 1. The number of hydrogen-bond donors (Lipinski definition) is 2. The van der Waals surface area contributed by atoms with E-state index in [1.54, 1.807) is 19.1 Å². The van der Waals surface area contributed by atoms with Gasteiger partial charge in [-0.2, -0.15) is 5.26 Å². The maximum Gasteiger partial charge on any atom is 0.136 e. The van der Waals surface area contributed by atoms with Crippen molar-refractivity contribution in [1.82, 2.24) is 0 Å². The van der Waals surface area contributed by atoms with Gasteiger partial charge in [0.1, 0.15) is 11.8 Å². The molecule has 0 radical (unpaired) electrons. The Morgan fingerprint density at radius 3 is 2.57 bits per heavy atom. The van der Waals surface area contributed by atoms with Crippen molar-refractivity contribution in [2.45, 2.75) is 25.4 Å². The molecule has 3 heteroatoms. The molecule has 3 nitrogen and oxygen atoms in total. The van der Waals surface area contributed by atoms with Crippen molar-refractivity contribution in [3.63, 3.8) is 0 Å². The van der Waals surface area contributed by atoms with Crippen molar-refractivity contribution in [2.24, 2.45) is 0 Å². The van der Waals surface area contributed by atoms with Crippen molar-refractivity contribution >= 4 is 0 Å². The monoisotopic (exact) mass is 189 g/mol. The van der Waals surface area contributed by atoms with E-state index in [9.17, 15) is 10.2 Å². The van der Waals surface area contributed by atoms with Crippen molar-refractivity contribution in [3.8, 4) is 11.8 Å². The molecule has 0 bridgehead atoms. The number of rotatable bonds is 1. The smallest absolute Gasteiger partial charge is 0.136 e. The minimum Gasteiger partial charge on any atom is -0.506 e. The van der Waals surface area contributed by atoms with Gasteiger partial charge in [-0.1, -0.05) is 0 Å². The number of hydrogen-bond acceptors (Lipinski definition) is 3. The lowest BCUT2D eigenvalue weighted by Crippen LogP contribution is -2.05. The fraction of sp³-hybridized carbons (Fsp3) is 0.364. The zero-order valence-electron chi connectivity index (χ0n) is 7.91. The van der Waals surface area contributed by atoms with Crippen LogP contribution in [0, 0.1) is 18.3 Å². The summed E-state index contributed by atoms with van der Waals surface area (Å²) in [7, 11) is 0. The summed E-state index contributed by atoms with van der Waals surface area (Å²) in [5.74, 6) is 0.0144. The molecule has 0 unspecified atom stereocenters. The van der Waals surface area contributed by atoms with Crippen LogP contribution in [0.5, 0.6) is 5.75 Å². The van der Waals surface area contributed by atoms with E-state index in [0.29, 0.717) is 5.56 Å². The van der Waals surface area contributed by atoms with Crippen molar-refractivity contribution in [3.05, 3.63) is 28.8 Å². The number of nitrogens with zero attached hydrogens (tertiary/aromatic N) is 1. The fourth-order valence-electron chi connectivity index (χ4n) is 1.54. The van der Waals surface area contributed by atoms with Gasteiger partial charge in [-0.05, 0) is 43.0 Å². The van der Waals surface area contributed by atoms with Crippen molar-refractivity contribution in [2.75, 3.05) is 0 Å². The average Bonchev–Trinajstić information content (AvgIpc) is 2.89. The van der Waals surface area contributed by atoms with Gasteiger partial charge in [0.15, 0.2) is 0 Å². The summed E-state index contributed by atoms with van der Waals surface area (Å²) >= 11 is 0. The molecule has 0 heterocycles. The summed E-state index contributed by atoms with van der Waals surface area (Å²) in [6, 6.07) is 5.22. The molecule has 14 heavy (non-hydrogen) atoms. The number of aryl methyl sites for hydroxylation is 1. The Bertz CT molecular complexity index is 428. The highest BCUT2D eigenvalue weighted by Gasteiger charge is 2.42. The second-order valence-electron chi connectivity index (χ2n) is 3.83. The Balaban J connectivity index is 2.56. The molecule has 72 valence electrons. The zero-order valence-corrected chi connectivity index (χ0v) is 7.91. The van der Waals surface area contributed by atoms with Gasteiger partial charge in [0.05, 0.1) is 11.2 Å². The third-order valence-corrected chi connectivity index (χ3v) is 2.68. The minimum absolute atomic E-state index is 0.0144.